The lowest BCUT2D eigenvalue weighted by molar-refractivity contribution is -0.143. The average Bonchev–Trinajstić information content (AvgIpc) is 3.39. The number of aryl methyl sites for hydroxylation is 1. The zero-order valence-corrected chi connectivity index (χ0v) is 21.4. The average molecular weight is 505 g/mol. The van der Waals surface area contributed by atoms with Gasteiger partial charge in [0.2, 0.25) is 5.91 Å². The minimum absolute atomic E-state index is 0.137. The lowest BCUT2D eigenvalue weighted by Crippen LogP contribution is -2.53. The summed E-state index contributed by atoms with van der Waals surface area (Å²) in [5.41, 5.74) is 2.82. The van der Waals surface area contributed by atoms with Crippen LogP contribution < -0.4 is 10.1 Å². The van der Waals surface area contributed by atoms with Crippen LogP contribution in [0.4, 0.5) is 0 Å². The van der Waals surface area contributed by atoms with Crippen molar-refractivity contribution in [3.8, 4) is 5.75 Å². The van der Waals surface area contributed by atoms with Gasteiger partial charge in [-0.1, -0.05) is 85.1 Å². The maximum Gasteiger partial charge on any atom is 0.261 e. The number of nitrogens with zero attached hydrogens (tertiary/aromatic N) is 1. The predicted molar refractivity (Wildman–Crippen MR) is 143 cm³/mol. The largest absolute Gasteiger partial charge is 0.484 e. The molecule has 0 radical (unpaired) electrons. The maximum absolute atomic E-state index is 13.7. The number of hydrogen-bond acceptors (Lipinski definition) is 3. The summed E-state index contributed by atoms with van der Waals surface area (Å²) in [7, 11) is 0. The van der Waals surface area contributed by atoms with E-state index in [9.17, 15) is 9.59 Å². The molecule has 0 spiro atoms. The second-order valence-electron chi connectivity index (χ2n) is 9.41. The molecule has 36 heavy (non-hydrogen) atoms. The van der Waals surface area contributed by atoms with E-state index in [1.807, 2.05) is 79.7 Å². The van der Waals surface area contributed by atoms with E-state index in [0.717, 1.165) is 42.4 Å². The van der Waals surface area contributed by atoms with Crippen molar-refractivity contribution in [1.82, 2.24) is 10.2 Å². The van der Waals surface area contributed by atoms with Crippen LogP contribution in [0.2, 0.25) is 5.02 Å². The third-order valence-corrected chi connectivity index (χ3v) is 6.99. The Balaban J connectivity index is 1.62. The number of ether oxygens (including phenoxy) is 1. The van der Waals surface area contributed by atoms with Crippen molar-refractivity contribution in [2.45, 2.75) is 57.7 Å². The number of nitrogens with one attached hydrogen (secondary N) is 1. The fraction of sp³-hybridized carbons (Fsp3) is 0.333. The zero-order chi connectivity index (χ0) is 25.3. The van der Waals surface area contributed by atoms with Gasteiger partial charge < -0.3 is 15.0 Å². The minimum atomic E-state index is -0.696. The highest BCUT2D eigenvalue weighted by molar-refractivity contribution is 6.31. The van der Waals surface area contributed by atoms with E-state index in [4.69, 9.17) is 16.3 Å². The molecule has 1 aliphatic carbocycles. The van der Waals surface area contributed by atoms with Crippen LogP contribution in [-0.4, -0.2) is 35.4 Å². The van der Waals surface area contributed by atoms with Gasteiger partial charge >= 0.3 is 0 Å². The molecule has 3 aromatic carbocycles. The van der Waals surface area contributed by atoms with E-state index in [1.165, 1.54) is 0 Å². The Bertz CT molecular complexity index is 1160. The van der Waals surface area contributed by atoms with Crippen molar-refractivity contribution < 1.29 is 14.3 Å². The van der Waals surface area contributed by atoms with Gasteiger partial charge in [-0.2, -0.15) is 0 Å². The first-order valence-electron chi connectivity index (χ1n) is 12.6. The van der Waals surface area contributed by atoms with Gasteiger partial charge in [-0.3, -0.25) is 9.59 Å². The van der Waals surface area contributed by atoms with Crippen molar-refractivity contribution in [2.24, 2.45) is 0 Å². The lowest BCUT2D eigenvalue weighted by atomic mass is 10.0. The monoisotopic (exact) mass is 504 g/mol. The second-order valence-corrected chi connectivity index (χ2v) is 9.82. The van der Waals surface area contributed by atoms with Gasteiger partial charge in [-0.25, -0.2) is 0 Å². The normalized spacial score (nSPS) is 14.3. The van der Waals surface area contributed by atoms with Crippen LogP contribution in [0, 0.1) is 6.92 Å². The van der Waals surface area contributed by atoms with Crippen molar-refractivity contribution in [2.75, 3.05) is 6.61 Å². The Labute approximate surface area is 218 Å². The molecule has 0 saturated heterocycles. The van der Waals surface area contributed by atoms with E-state index < -0.39 is 6.04 Å². The van der Waals surface area contributed by atoms with E-state index >= 15 is 0 Å². The van der Waals surface area contributed by atoms with Crippen molar-refractivity contribution >= 4 is 23.4 Å². The number of amides is 2. The van der Waals surface area contributed by atoms with Crippen molar-refractivity contribution in [1.29, 1.82) is 0 Å². The molecule has 6 heteroatoms. The molecule has 4 rings (SSSR count). The van der Waals surface area contributed by atoms with Crippen LogP contribution in [0.5, 0.6) is 5.75 Å². The van der Waals surface area contributed by atoms with Crippen molar-refractivity contribution in [3.05, 3.63) is 101 Å². The Hall–Kier alpha value is -3.31. The summed E-state index contributed by atoms with van der Waals surface area (Å²) in [6.07, 6.45) is 4.57. The van der Waals surface area contributed by atoms with E-state index in [0.29, 0.717) is 17.2 Å². The molecule has 3 aromatic rings. The van der Waals surface area contributed by atoms with Gasteiger partial charge in [0, 0.05) is 24.0 Å². The first-order valence-corrected chi connectivity index (χ1v) is 12.9. The van der Waals surface area contributed by atoms with Crippen LogP contribution >= 0.6 is 11.6 Å². The Morgan fingerprint density at radius 3 is 2.44 bits per heavy atom. The molecule has 0 aliphatic heterocycles. The highest BCUT2D eigenvalue weighted by Crippen LogP contribution is 2.23. The molecule has 0 heterocycles. The fourth-order valence-corrected chi connectivity index (χ4v) is 4.86. The van der Waals surface area contributed by atoms with Gasteiger partial charge in [0.25, 0.3) is 5.91 Å². The zero-order valence-electron chi connectivity index (χ0n) is 20.7. The molecule has 1 saturated carbocycles. The molecule has 0 bridgehead atoms. The molecule has 0 aromatic heterocycles. The van der Waals surface area contributed by atoms with Gasteiger partial charge in [0.05, 0.1) is 0 Å². The summed E-state index contributed by atoms with van der Waals surface area (Å²) in [5.74, 6) is 0.219. The molecule has 188 valence electrons. The van der Waals surface area contributed by atoms with Crippen LogP contribution in [0.15, 0.2) is 78.9 Å². The number of rotatable bonds is 10. The Kier molecular flexibility index (Phi) is 9.01. The molecule has 5 nitrogen and oxygen atoms in total. The smallest absolute Gasteiger partial charge is 0.261 e. The van der Waals surface area contributed by atoms with Gasteiger partial charge in [0.15, 0.2) is 6.61 Å². The van der Waals surface area contributed by atoms with E-state index in [1.54, 1.807) is 11.0 Å². The Morgan fingerprint density at radius 1 is 1.00 bits per heavy atom. The number of hydrogen-bond donors (Lipinski definition) is 1. The molecule has 1 atom stereocenters. The van der Waals surface area contributed by atoms with Crippen molar-refractivity contribution in [3.63, 3.8) is 0 Å². The summed E-state index contributed by atoms with van der Waals surface area (Å²) in [5, 5.41) is 3.77. The standard InChI is InChI=1S/C30H33ClN2O3/c1-22-10-9-16-26(18-22)36-21-29(34)33(20-24-13-5-8-17-27(24)31)28(19-23-11-3-2-4-12-23)30(35)32-25-14-6-7-15-25/h2-5,8-13,16-18,25,28H,6-7,14-15,19-21H2,1H3,(H,32,35)/t28-/m1/s1. The summed E-state index contributed by atoms with van der Waals surface area (Å²) in [4.78, 5) is 29.0. The maximum atomic E-state index is 13.7. The fourth-order valence-electron chi connectivity index (χ4n) is 4.66. The summed E-state index contributed by atoms with van der Waals surface area (Å²) < 4.78 is 5.86. The molecule has 1 aliphatic rings. The topological polar surface area (TPSA) is 58.6 Å². The molecular formula is C30H33ClN2O3. The number of carbonyl (C=O) groups excluding carboxylic acids is 2. The highest BCUT2D eigenvalue weighted by Gasteiger charge is 2.32. The quantitative estimate of drug-likeness (QED) is 0.384. The van der Waals surface area contributed by atoms with Crippen LogP contribution in [0.3, 0.4) is 0 Å². The molecule has 0 unspecified atom stereocenters. The summed E-state index contributed by atoms with van der Waals surface area (Å²) >= 11 is 6.48. The predicted octanol–water partition coefficient (Wildman–Crippen LogP) is 5.73. The minimum Gasteiger partial charge on any atom is -0.484 e. The molecule has 1 fully saturated rings. The van der Waals surface area contributed by atoms with Crippen LogP contribution in [0.1, 0.15) is 42.4 Å². The van der Waals surface area contributed by atoms with Gasteiger partial charge in [-0.05, 0) is 54.7 Å². The summed E-state index contributed by atoms with van der Waals surface area (Å²) in [6, 6.07) is 24.3. The van der Waals surface area contributed by atoms with E-state index in [-0.39, 0.29) is 31.0 Å². The highest BCUT2D eigenvalue weighted by atomic mass is 35.5. The third kappa shape index (κ3) is 7.11. The number of halogens is 1. The third-order valence-electron chi connectivity index (χ3n) is 6.62. The Morgan fingerprint density at radius 2 is 1.72 bits per heavy atom. The molecule has 2 amide bonds. The number of benzene rings is 3. The first kappa shape index (κ1) is 25.8. The summed E-state index contributed by atoms with van der Waals surface area (Å²) in [6.45, 7) is 2.02. The molecule has 1 N–H and O–H groups in total. The number of carbonyl (C=O) groups is 2. The van der Waals surface area contributed by atoms with Crippen LogP contribution in [0.25, 0.3) is 0 Å². The first-order chi connectivity index (χ1) is 17.5. The second kappa shape index (κ2) is 12.6. The van der Waals surface area contributed by atoms with Gasteiger partial charge in [-0.15, -0.1) is 0 Å². The van der Waals surface area contributed by atoms with Gasteiger partial charge in [0.1, 0.15) is 11.8 Å². The molecular weight excluding hydrogens is 472 g/mol. The SMILES string of the molecule is Cc1cccc(OCC(=O)N(Cc2ccccc2Cl)[C@H](Cc2ccccc2)C(=O)NC2CCCC2)c1. The lowest BCUT2D eigenvalue weighted by Gasteiger charge is -2.32. The van der Waals surface area contributed by atoms with E-state index in [2.05, 4.69) is 5.32 Å². The van der Waals surface area contributed by atoms with Crippen LogP contribution in [-0.2, 0) is 22.6 Å².